The normalized spacial score (nSPS) is 32.8. The van der Waals surface area contributed by atoms with E-state index in [0.29, 0.717) is 24.8 Å². The number of hydrogen-bond donors (Lipinski definition) is 1. The fourth-order valence-corrected chi connectivity index (χ4v) is 2.12. The minimum absolute atomic E-state index is 0.127. The highest BCUT2D eigenvalue weighted by Crippen LogP contribution is 2.40. The van der Waals surface area contributed by atoms with Gasteiger partial charge in [-0.3, -0.25) is 9.59 Å². The Morgan fingerprint density at radius 3 is 2.85 bits per heavy atom. The van der Waals surface area contributed by atoms with E-state index < -0.39 is 5.72 Å². The summed E-state index contributed by atoms with van der Waals surface area (Å²) in [6.45, 7) is 2.19. The van der Waals surface area contributed by atoms with Crippen LogP contribution in [0, 0.1) is 0 Å². The van der Waals surface area contributed by atoms with Gasteiger partial charge in [0.2, 0.25) is 0 Å². The van der Waals surface area contributed by atoms with E-state index in [1.165, 1.54) is 4.90 Å². The lowest BCUT2D eigenvalue weighted by Gasteiger charge is -2.27. The lowest BCUT2D eigenvalue weighted by molar-refractivity contribution is -0.137. The van der Waals surface area contributed by atoms with Gasteiger partial charge in [0, 0.05) is 13.0 Å². The highest BCUT2D eigenvalue weighted by Gasteiger charge is 2.50. The molecule has 0 aliphatic carbocycles. The molecule has 0 aromatic rings. The van der Waals surface area contributed by atoms with E-state index in [1.54, 1.807) is 6.92 Å². The fourth-order valence-electron chi connectivity index (χ4n) is 2.12. The van der Waals surface area contributed by atoms with Crippen molar-refractivity contribution in [3.8, 4) is 0 Å². The molecular formula is C9H11NO3. The van der Waals surface area contributed by atoms with Crippen LogP contribution in [0.2, 0.25) is 0 Å². The maximum absolute atomic E-state index is 11.5. The van der Waals surface area contributed by atoms with Gasteiger partial charge in [0.15, 0.2) is 12.0 Å². The van der Waals surface area contributed by atoms with Crippen molar-refractivity contribution in [1.29, 1.82) is 0 Å². The summed E-state index contributed by atoms with van der Waals surface area (Å²) in [5.41, 5.74) is -0.528. The van der Waals surface area contributed by atoms with Crippen molar-refractivity contribution in [1.82, 2.24) is 4.90 Å². The molecule has 0 aromatic heterocycles. The van der Waals surface area contributed by atoms with E-state index in [2.05, 4.69) is 0 Å². The van der Waals surface area contributed by atoms with Crippen molar-refractivity contribution in [2.45, 2.75) is 25.5 Å². The number of nitrogens with zero attached hydrogens (tertiary/aromatic N) is 1. The van der Waals surface area contributed by atoms with E-state index in [9.17, 15) is 14.7 Å². The Morgan fingerprint density at radius 2 is 2.31 bits per heavy atom. The third-order valence-electron chi connectivity index (χ3n) is 2.95. The second kappa shape index (κ2) is 2.42. The van der Waals surface area contributed by atoms with Crippen molar-refractivity contribution < 1.29 is 14.7 Å². The topological polar surface area (TPSA) is 57.6 Å². The van der Waals surface area contributed by atoms with E-state index in [4.69, 9.17) is 0 Å². The fraction of sp³-hybridized carbons (Fsp3) is 0.556. The summed E-state index contributed by atoms with van der Waals surface area (Å²) < 4.78 is 0. The quantitative estimate of drug-likeness (QED) is 0.451. The largest absolute Gasteiger partial charge is 0.367 e. The molecule has 2 rings (SSSR count). The molecule has 1 atom stereocenters. The van der Waals surface area contributed by atoms with Gasteiger partial charge in [0.25, 0.3) is 5.91 Å². The Labute approximate surface area is 75.8 Å². The van der Waals surface area contributed by atoms with Crippen molar-refractivity contribution >= 4 is 12.2 Å². The zero-order valence-corrected chi connectivity index (χ0v) is 7.41. The van der Waals surface area contributed by atoms with Gasteiger partial charge in [-0.2, -0.15) is 0 Å². The molecule has 2 aliphatic heterocycles. The zero-order valence-electron chi connectivity index (χ0n) is 7.41. The highest BCUT2D eigenvalue weighted by atomic mass is 16.3. The number of rotatable bonds is 1. The number of fused-ring (bicyclic) bond motifs is 1. The number of amides is 1. The van der Waals surface area contributed by atoms with Gasteiger partial charge in [-0.1, -0.05) is 0 Å². The lowest BCUT2D eigenvalue weighted by atomic mass is 10.0. The summed E-state index contributed by atoms with van der Waals surface area (Å²) in [5.74, 6) is -0.326. The maximum atomic E-state index is 11.5. The number of carbonyl (C=O) groups is 2. The number of hydrogen-bond acceptors (Lipinski definition) is 3. The standard InChI is InChI=1S/C9H11NO3/c1-6-7(5-11)8(12)10-4-2-3-9(6,10)13/h5,13H,2-4H2,1H3. The molecule has 1 N–H and O–H groups in total. The molecule has 1 fully saturated rings. The maximum Gasteiger partial charge on any atom is 0.259 e. The first kappa shape index (κ1) is 8.44. The summed E-state index contributed by atoms with van der Waals surface area (Å²) in [6.07, 6.45) is 1.88. The molecule has 13 heavy (non-hydrogen) atoms. The lowest BCUT2D eigenvalue weighted by Crippen LogP contribution is -2.42. The molecule has 2 heterocycles. The van der Waals surface area contributed by atoms with Crippen LogP contribution < -0.4 is 0 Å². The van der Waals surface area contributed by atoms with E-state index in [-0.39, 0.29) is 11.5 Å². The Kier molecular flexibility index (Phi) is 1.57. The highest BCUT2D eigenvalue weighted by molar-refractivity contribution is 6.14. The van der Waals surface area contributed by atoms with E-state index in [0.717, 1.165) is 6.42 Å². The minimum Gasteiger partial charge on any atom is -0.367 e. The molecule has 0 radical (unpaired) electrons. The van der Waals surface area contributed by atoms with Crippen molar-refractivity contribution in [2.75, 3.05) is 6.54 Å². The van der Waals surface area contributed by atoms with Gasteiger partial charge < -0.3 is 10.0 Å². The SMILES string of the molecule is CC1=C(C=O)C(=O)N2CCCC12O. The predicted molar refractivity (Wildman–Crippen MR) is 44.7 cm³/mol. The third-order valence-corrected chi connectivity index (χ3v) is 2.95. The van der Waals surface area contributed by atoms with Crippen molar-refractivity contribution in [3.05, 3.63) is 11.1 Å². The van der Waals surface area contributed by atoms with Crippen LogP contribution in [0.3, 0.4) is 0 Å². The Hall–Kier alpha value is -1.16. The van der Waals surface area contributed by atoms with Gasteiger partial charge in [0.05, 0.1) is 5.57 Å². The molecule has 4 heteroatoms. The monoisotopic (exact) mass is 181 g/mol. The number of carbonyl (C=O) groups excluding carboxylic acids is 2. The first-order valence-electron chi connectivity index (χ1n) is 4.32. The average molecular weight is 181 g/mol. The van der Waals surface area contributed by atoms with Crippen LogP contribution in [0.15, 0.2) is 11.1 Å². The van der Waals surface area contributed by atoms with Gasteiger partial charge in [-0.15, -0.1) is 0 Å². The smallest absolute Gasteiger partial charge is 0.259 e. The molecule has 70 valence electrons. The number of aldehydes is 1. The van der Waals surface area contributed by atoms with Crippen LogP contribution >= 0.6 is 0 Å². The number of aliphatic hydroxyl groups is 1. The van der Waals surface area contributed by atoms with Gasteiger partial charge in [0.1, 0.15) is 0 Å². The molecule has 0 aromatic carbocycles. The Morgan fingerprint density at radius 1 is 1.62 bits per heavy atom. The zero-order chi connectivity index (χ0) is 9.64. The second-order valence-corrected chi connectivity index (χ2v) is 3.53. The Balaban J connectivity index is 2.52. The predicted octanol–water partition coefficient (Wildman–Crippen LogP) is -0.174. The molecule has 1 saturated heterocycles. The van der Waals surface area contributed by atoms with Crippen molar-refractivity contribution in [3.63, 3.8) is 0 Å². The molecule has 1 amide bonds. The molecule has 0 bridgehead atoms. The molecule has 0 saturated carbocycles. The molecule has 4 nitrogen and oxygen atoms in total. The summed E-state index contributed by atoms with van der Waals surface area (Å²) in [6, 6.07) is 0. The molecule has 1 unspecified atom stereocenters. The van der Waals surface area contributed by atoms with E-state index in [1.807, 2.05) is 0 Å². The average Bonchev–Trinajstić information content (AvgIpc) is 2.55. The molecule has 0 spiro atoms. The third kappa shape index (κ3) is 0.836. The van der Waals surface area contributed by atoms with Gasteiger partial charge in [-0.05, 0) is 18.9 Å². The first-order valence-corrected chi connectivity index (χ1v) is 4.32. The van der Waals surface area contributed by atoms with Gasteiger partial charge in [-0.25, -0.2) is 0 Å². The summed E-state index contributed by atoms with van der Waals surface area (Å²) >= 11 is 0. The molecule has 2 aliphatic rings. The van der Waals surface area contributed by atoms with Crippen LogP contribution in [0.5, 0.6) is 0 Å². The van der Waals surface area contributed by atoms with Crippen LogP contribution in [0.25, 0.3) is 0 Å². The first-order chi connectivity index (χ1) is 6.11. The van der Waals surface area contributed by atoms with Crippen LogP contribution in [0.1, 0.15) is 19.8 Å². The summed E-state index contributed by atoms with van der Waals surface area (Å²) in [4.78, 5) is 23.5. The summed E-state index contributed by atoms with van der Waals surface area (Å²) in [7, 11) is 0. The summed E-state index contributed by atoms with van der Waals surface area (Å²) in [5, 5.41) is 10.1. The molecular weight excluding hydrogens is 170 g/mol. The van der Waals surface area contributed by atoms with Crippen LogP contribution in [0.4, 0.5) is 0 Å². The second-order valence-electron chi connectivity index (χ2n) is 3.53. The minimum atomic E-state index is -1.16. The van der Waals surface area contributed by atoms with E-state index >= 15 is 0 Å². The van der Waals surface area contributed by atoms with Gasteiger partial charge >= 0.3 is 0 Å². The van der Waals surface area contributed by atoms with Crippen molar-refractivity contribution in [2.24, 2.45) is 0 Å². The van der Waals surface area contributed by atoms with Crippen LogP contribution in [-0.4, -0.2) is 34.5 Å². The Bertz CT molecular complexity index is 321. The van der Waals surface area contributed by atoms with Crippen LogP contribution in [-0.2, 0) is 9.59 Å².